The van der Waals surface area contributed by atoms with Crippen LogP contribution in [0.3, 0.4) is 0 Å². The Labute approximate surface area is 92.9 Å². The Bertz CT molecular complexity index is 385. The Kier molecular flexibility index (Phi) is 2.82. The molecule has 1 aliphatic rings. The third-order valence-electron chi connectivity index (χ3n) is 2.17. The fraction of sp³-hybridized carbons (Fsp3) is 0.364. The average Bonchev–Trinajstić information content (AvgIpc) is 3.04. The summed E-state index contributed by atoms with van der Waals surface area (Å²) >= 11 is 5.97. The predicted octanol–water partition coefficient (Wildman–Crippen LogP) is 2.67. The third kappa shape index (κ3) is 2.42. The molecule has 1 aromatic carbocycles. The zero-order valence-corrected chi connectivity index (χ0v) is 9.08. The predicted molar refractivity (Wildman–Crippen MR) is 56.4 cm³/mol. The maximum atomic E-state index is 11.2. The first-order valence-corrected chi connectivity index (χ1v) is 5.13. The summed E-state index contributed by atoms with van der Waals surface area (Å²) in [7, 11) is 1.34. The first kappa shape index (κ1) is 10.3. The number of benzene rings is 1. The van der Waals surface area contributed by atoms with Gasteiger partial charge < -0.3 is 9.47 Å². The van der Waals surface area contributed by atoms with Crippen LogP contribution in [0.4, 0.5) is 0 Å². The van der Waals surface area contributed by atoms with Crippen molar-refractivity contribution in [2.24, 2.45) is 0 Å². The van der Waals surface area contributed by atoms with Crippen LogP contribution in [0.2, 0.25) is 5.02 Å². The Morgan fingerprint density at radius 1 is 1.47 bits per heavy atom. The summed E-state index contributed by atoms with van der Waals surface area (Å²) in [5.74, 6) is 0.238. The molecule has 1 saturated carbocycles. The normalized spacial score (nSPS) is 14.8. The van der Waals surface area contributed by atoms with E-state index in [-0.39, 0.29) is 0 Å². The first-order chi connectivity index (χ1) is 7.20. The molecule has 0 radical (unpaired) electrons. The molecule has 0 amide bonds. The van der Waals surface area contributed by atoms with Crippen LogP contribution >= 0.6 is 11.6 Å². The van der Waals surface area contributed by atoms with E-state index in [1.807, 2.05) is 0 Å². The molecule has 0 N–H and O–H groups in total. The number of rotatable bonds is 3. The first-order valence-electron chi connectivity index (χ1n) is 4.75. The van der Waals surface area contributed by atoms with Crippen molar-refractivity contribution in [3.8, 4) is 5.75 Å². The second-order valence-electron chi connectivity index (χ2n) is 3.45. The van der Waals surface area contributed by atoms with Crippen LogP contribution < -0.4 is 4.74 Å². The van der Waals surface area contributed by atoms with Crippen LogP contribution in [-0.2, 0) is 4.74 Å². The van der Waals surface area contributed by atoms with E-state index in [1.54, 1.807) is 18.2 Å². The molecule has 0 aromatic heterocycles. The lowest BCUT2D eigenvalue weighted by Gasteiger charge is -2.07. The highest BCUT2D eigenvalue weighted by atomic mass is 35.5. The van der Waals surface area contributed by atoms with Gasteiger partial charge in [-0.25, -0.2) is 4.79 Å². The molecule has 2 rings (SSSR count). The molecule has 0 spiro atoms. The van der Waals surface area contributed by atoms with Gasteiger partial charge in [-0.1, -0.05) is 11.6 Å². The fourth-order valence-electron chi connectivity index (χ4n) is 1.21. The topological polar surface area (TPSA) is 35.5 Å². The molecule has 0 bridgehead atoms. The summed E-state index contributed by atoms with van der Waals surface area (Å²) in [5, 5.41) is 0.449. The van der Waals surface area contributed by atoms with Crippen molar-refractivity contribution < 1.29 is 14.3 Å². The molecule has 3 nitrogen and oxygen atoms in total. The third-order valence-corrected chi connectivity index (χ3v) is 2.47. The number of carbonyl (C=O) groups excluding carboxylic acids is 1. The van der Waals surface area contributed by atoms with E-state index >= 15 is 0 Å². The van der Waals surface area contributed by atoms with E-state index < -0.39 is 5.97 Å². The number of esters is 1. The van der Waals surface area contributed by atoms with Crippen molar-refractivity contribution in [2.75, 3.05) is 7.11 Å². The van der Waals surface area contributed by atoms with Gasteiger partial charge in [0.2, 0.25) is 0 Å². The number of halogens is 1. The minimum Gasteiger partial charge on any atom is -0.489 e. The average molecular weight is 227 g/mol. The highest BCUT2D eigenvalue weighted by molar-refractivity contribution is 6.32. The number of hydrogen-bond donors (Lipinski definition) is 0. The molecule has 0 aliphatic heterocycles. The van der Waals surface area contributed by atoms with Gasteiger partial charge in [0.05, 0.1) is 23.8 Å². The lowest BCUT2D eigenvalue weighted by Crippen LogP contribution is -2.02. The number of hydrogen-bond acceptors (Lipinski definition) is 3. The second-order valence-corrected chi connectivity index (χ2v) is 3.86. The van der Waals surface area contributed by atoms with Crippen LogP contribution in [0, 0.1) is 0 Å². The molecule has 0 atom stereocenters. The van der Waals surface area contributed by atoms with E-state index in [0.29, 0.717) is 22.4 Å². The van der Waals surface area contributed by atoms with Gasteiger partial charge in [-0.2, -0.15) is 0 Å². The number of carbonyl (C=O) groups is 1. The van der Waals surface area contributed by atoms with Gasteiger partial charge in [-0.3, -0.25) is 0 Å². The van der Waals surface area contributed by atoms with Crippen molar-refractivity contribution in [3.05, 3.63) is 28.8 Å². The molecule has 0 heterocycles. The highest BCUT2D eigenvalue weighted by Gasteiger charge is 2.24. The molecular formula is C11H11ClO3. The maximum absolute atomic E-state index is 11.2. The van der Waals surface area contributed by atoms with Crippen molar-refractivity contribution in [2.45, 2.75) is 18.9 Å². The molecule has 0 saturated heterocycles. The van der Waals surface area contributed by atoms with E-state index in [0.717, 1.165) is 12.8 Å². The van der Waals surface area contributed by atoms with Gasteiger partial charge in [-0.05, 0) is 31.0 Å². The van der Waals surface area contributed by atoms with Crippen LogP contribution in [0.15, 0.2) is 18.2 Å². The monoisotopic (exact) mass is 226 g/mol. The Balaban J connectivity index is 2.17. The van der Waals surface area contributed by atoms with E-state index in [1.165, 1.54) is 7.11 Å². The quantitative estimate of drug-likeness (QED) is 0.744. The largest absolute Gasteiger partial charge is 0.489 e. The zero-order valence-electron chi connectivity index (χ0n) is 8.33. The van der Waals surface area contributed by atoms with Crippen molar-refractivity contribution in [1.29, 1.82) is 0 Å². The Hall–Kier alpha value is -1.22. The lowest BCUT2D eigenvalue weighted by molar-refractivity contribution is 0.0600. The lowest BCUT2D eigenvalue weighted by atomic mass is 10.2. The number of methoxy groups -OCH3 is 1. The van der Waals surface area contributed by atoms with Crippen molar-refractivity contribution >= 4 is 17.6 Å². The van der Waals surface area contributed by atoms with E-state index in [4.69, 9.17) is 16.3 Å². The Morgan fingerprint density at radius 3 is 2.73 bits per heavy atom. The van der Waals surface area contributed by atoms with Gasteiger partial charge in [0.25, 0.3) is 0 Å². The van der Waals surface area contributed by atoms with Gasteiger partial charge >= 0.3 is 5.97 Å². The van der Waals surface area contributed by atoms with Crippen LogP contribution in [0.1, 0.15) is 23.2 Å². The molecule has 1 aliphatic carbocycles. The maximum Gasteiger partial charge on any atom is 0.337 e. The van der Waals surface area contributed by atoms with Crippen LogP contribution in [-0.4, -0.2) is 19.2 Å². The van der Waals surface area contributed by atoms with Gasteiger partial charge in [0, 0.05) is 0 Å². The summed E-state index contributed by atoms with van der Waals surface area (Å²) < 4.78 is 10.1. The fourth-order valence-corrected chi connectivity index (χ4v) is 1.43. The molecule has 80 valence electrons. The van der Waals surface area contributed by atoms with E-state index in [9.17, 15) is 4.79 Å². The summed E-state index contributed by atoms with van der Waals surface area (Å²) in [4.78, 5) is 11.2. The van der Waals surface area contributed by atoms with Crippen molar-refractivity contribution in [1.82, 2.24) is 0 Å². The molecule has 1 aromatic rings. The summed E-state index contributed by atoms with van der Waals surface area (Å²) in [5.41, 5.74) is 0.436. The molecule has 4 heteroatoms. The SMILES string of the molecule is COC(=O)c1ccc(OC2CC2)c(Cl)c1. The minimum absolute atomic E-state index is 0.298. The van der Waals surface area contributed by atoms with E-state index in [2.05, 4.69) is 4.74 Å². The zero-order chi connectivity index (χ0) is 10.8. The molecule has 15 heavy (non-hydrogen) atoms. The van der Waals surface area contributed by atoms with Gasteiger partial charge in [0.1, 0.15) is 5.75 Å². The molecular weight excluding hydrogens is 216 g/mol. The van der Waals surface area contributed by atoms with Gasteiger partial charge in [0.15, 0.2) is 0 Å². The standard InChI is InChI=1S/C11H11ClO3/c1-14-11(13)7-2-5-10(9(12)6-7)15-8-3-4-8/h2,5-6,8H,3-4H2,1H3. The number of ether oxygens (including phenoxy) is 2. The smallest absolute Gasteiger partial charge is 0.337 e. The van der Waals surface area contributed by atoms with Crippen LogP contribution in [0.25, 0.3) is 0 Å². The molecule has 1 fully saturated rings. The molecule has 0 unspecified atom stereocenters. The summed E-state index contributed by atoms with van der Waals surface area (Å²) in [6.07, 6.45) is 2.45. The Morgan fingerprint density at radius 2 is 2.20 bits per heavy atom. The second kappa shape index (κ2) is 4.11. The van der Waals surface area contributed by atoms with Crippen molar-refractivity contribution in [3.63, 3.8) is 0 Å². The summed E-state index contributed by atoms with van der Waals surface area (Å²) in [6, 6.07) is 4.91. The van der Waals surface area contributed by atoms with Crippen LogP contribution in [0.5, 0.6) is 5.75 Å². The minimum atomic E-state index is -0.394. The summed E-state index contributed by atoms with van der Waals surface area (Å²) in [6.45, 7) is 0. The highest BCUT2D eigenvalue weighted by Crippen LogP contribution is 2.32. The van der Waals surface area contributed by atoms with Gasteiger partial charge in [-0.15, -0.1) is 0 Å².